The van der Waals surface area contributed by atoms with E-state index in [0.29, 0.717) is 11.8 Å². The topological polar surface area (TPSA) is 0 Å². The van der Waals surface area contributed by atoms with Crippen LogP contribution < -0.4 is 0 Å². The van der Waals surface area contributed by atoms with Crippen LogP contribution in [-0.4, -0.2) is 0 Å². The molecule has 0 spiro atoms. The molecule has 0 aromatic heterocycles. The van der Waals surface area contributed by atoms with Gasteiger partial charge in [-0.25, -0.2) is 24.3 Å². The Labute approximate surface area is 116 Å². The van der Waals surface area contributed by atoms with Gasteiger partial charge in [-0.3, -0.25) is 0 Å². The molecule has 2 aromatic rings. The summed E-state index contributed by atoms with van der Waals surface area (Å²) in [6.45, 7) is 8.81. The fourth-order valence-electron chi connectivity index (χ4n) is 1.55. The summed E-state index contributed by atoms with van der Waals surface area (Å²) in [5, 5.41) is 0. The summed E-state index contributed by atoms with van der Waals surface area (Å²) in [6.07, 6.45) is 0. The number of rotatable bonds is 2. The average Bonchev–Trinajstić information content (AvgIpc) is 2.93. The second-order valence-electron chi connectivity index (χ2n) is 4.75. The van der Waals surface area contributed by atoms with Gasteiger partial charge >= 0.3 is 17.1 Å². The van der Waals surface area contributed by atoms with Crippen LogP contribution >= 0.6 is 0 Å². The zero-order valence-electron chi connectivity index (χ0n) is 11.1. The normalized spacial score (nSPS) is 9.76. The van der Waals surface area contributed by atoms with Gasteiger partial charge in [-0.15, -0.1) is 0 Å². The van der Waals surface area contributed by atoms with Gasteiger partial charge in [0.25, 0.3) is 0 Å². The minimum atomic E-state index is 0. The molecule has 0 atom stereocenters. The third-order valence-electron chi connectivity index (χ3n) is 2.71. The molecule has 0 nitrogen and oxygen atoms in total. The van der Waals surface area contributed by atoms with E-state index < -0.39 is 0 Å². The van der Waals surface area contributed by atoms with Gasteiger partial charge in [0, 0.05) is 0 Å². The Bertz CT molecular complexity index is 314. The fourth-order valence-corrected chi connectivity index (χ4v) is 1.55. The van der Waals surface area contributed by atoms with Crippen LogP contribution in [-0.2, 0) is 17.1 Å². The molecule has 1 heteroatoms. The number of hydrogen-bond acceptors (Lipinski definition) is 0. The first-order valence-electron chi connectivity index (χ1n) is 6.04. The van der Waals surface area contributed by atoms with Crippen molar-refractivity contribution in [3.63, 3.8) is 0 Å². The van der Waals surface area contributed by atoms with Gasteiger partial charge in [0.2, 0.25) is 0 Å². The molecule has 94 valence electrons. The molecule has 0 heterocycles. The molecular formula is C16H22Fe. The number of hydrogen-bond donors (Lipinski definition) is 0. The minimum Gasteiger partial charge on any atom is -0.213 e. The van der Waals surface area contributed by atoms with Gasteiger partial charge in [-0.05, 0) is 0 Å². The second kappa shape index (κ2) is 8.33. The van der Waals surface area contributed by atoms with Crippen LogP contribution in [0.5, 0.6) is 0 Å². The summed E-state index contributed by atoms with van der Waals surface area (Å²) in [5.41, 5.74) is 2.87. The maximum absolute atomic E-state index is 2.20. The first-order chi connectivity index (χ1) is 7.61. The van der Waals surface area contributed by atoms with Gasteiger partial charge in [0.05, 0.1) is 0 Å². The molecule has 0 fully saturated rings. The molecule has 0 radical (unpaired) electrons. The summed E-state index contributed by atoms with van der Waals surface area (Å²) < 4.78 is 0. The van der Waals surface area contributed by atoms with Gasteiger partial charge in [0.15, 0.2) is 0 Å². The Morgan fingerprint density at radius 2 is 0.824 bits per heavy atom. The third kappa shape index (κ3) is 5.91. The van der Waals surface area contributed by atoms with E-state index in [2.05, 4.69) is 76.2 Å². The summed E-state index contributed by atoms with van der Waals surface area (Å²) in [7, 11) is 0. The first-order valence-corrected chi connectivity index (χ1v) is 6.04. The van der Waals surface area contributed by atoms with Crippen LogP contribution in [0.25, 0.3) is 0 Å². The van der Waals surface area contributed by atoms with Gasteiger partial charge in [-0.1, -0.05) is 39.5 Å². The molecular weight excluding hydrogens is 248 g/mol. The van der Waals surface area contributed by atoms with Crippen LogP contribution in [0, 0.1) is 0 Å². The molecule has 0 saturated heterocycles. The fraction of sp³-hybridized carbons (Fsp3) is 0.375. The quantitative estimate of drug-likeness (QED) is 0.528. The van der Waals surface area contributed by atoms with Crippen LogP contribution in [0.1, 0.15) is 50.7 Å². The van der Waals surface area contributed by atoms with E-state index in [9.17, 15) is 0 Å². The summed E-state index contributed by atoms with van der Waals surface area (Å²) >= 11 is 0. The molecule has 0 amide bonds. The van der Waals surface area contributed by atoms with Crippen molar-refractivity contribution in [2.75, 3.05) is 0 Å². The molecule has 0 aliphatic carbocycles. The van der Waals surface area contributed by atoms with Crippen molar-refractivity contribution in [2.24, 2.45) is 0 Å². The maximum Gasteiger partial charge on any atom is 2.00 e. The first kappa shape index (κ1) is 16.2. The van der Waals surface area contributed by atoms with Gasteiger partial charge in [-0.2, -0.15) is 35.4 Å². The van der Waals surface area contributed by atoms with Crippen LogP contribution in [0.3, 0.4) is 0 Å². The molecule has 0 saturated carbocycles. The van der Waals surface area contributed by atoms with Crippen molar-refractivity contribution in [1.29, 1.82) is 0 Å². The second-order valence-corrected chi connectivity index (χ2v) is 4.75. The minimum absolute atomic E-state index is 0. The standard InChI is InChI=1S/2C8H11.Fe/c2*1-7(2)8-5-3-4-6-8;/h2*3-7H,1-2H3;/q2*-1;+2. The Balaban J connectivity index is 0.000000284. The molecule has 0 N–H and O–H groups in total. The van der Waals surface area contributed by atoms with Crippen molar-refractivity contribution in [2.45, 2.75) is 39.5 Å². The monoisotopic (exact) mass is 270 g/mol. The SMILES string of the molecule is CC(C)[c-]1cccc1.CC(C)[c-]1cccc1.[Fe+2]. The zero-order chi connectivity index (χ0) is 12.0. The summed E-state index contributed by atoms with van der Waals surface area (Å²) in [5.74, 6) is 1.37. The van der Waals surface area contributed by atoms with E-state index in [1.807, 2.05) is 0 Å². The van der Waals surface area contributed by atoms with E-state index in [-0.39, 0.29) is 17.1 Å². The average molecular weight is 270 g/mol. The molecule has 0 bridgehead atoms. The van der Waals surface area contributed by atoms with Crippen molar-refractivity contribution >= 4 is 0 Å². The van der Waals surface area contributed by atoms with Crippen LogP contribution in [0.15, 0.2) is 48.5 Å². The van der Waals surface area contributed by atoms with E-state index >= 15 is 0 Å². The maximum atomic E-state index is 2.20. The predicted molar refractivity (Wildman–Crippen MR) is 72.2 cm³/mol. The Morgan fingerprint density at radius 3 is 0.941 bits per heavy atom. The predicted octanol–water partition coefficient (Wildman–Crippen LogP) is 5.06. The van der Waals surface area contributed by atoms with E-state index in [1.165, 1.54) is 11.1 Å². The van der Waals surface area contributed by atoms with Crippen molar-refractivity contribution in [3.05, 3.63) is 59.7 Å². The summed E-state index contributed by atoms with van der Waals surface area (Å²) in [6, 6.07) is 16.9. The Kier molecular flexibility index (Phi) is 7.95. The molecule has 0 aliphatic rings. The summed E-state index contributed by atoms with van der Waals surface area (Å²) in [4.78, 5) is 0. The smallest absolute Gasteiger partial charge is 0.213 e. The van der Waals surface area contributed by atoms with Crippen molar-refractivity contribution in [1.82, 2.24) is 0 Å². The molecule has 17 heavy (non-hydrogen) atoms. The zero-order valence-corrected chi connectivity index (χ0v) is 12.2. The molecule has 2 aromatic carbocycles. The molecule has 2 rings (SSSR count). The van der Waals surface area contributed by atoms with Crippen molar-refractivity contribution in [3.8, 4) is 0 Å². The van der Waals surface area contributed by atoms with Crippen molar-refractivity contribution < 1.29 is 17.1 Å². The van der Waals surface area contributed by atoms with Crippen LogP contribution in [0.2, 0.25) is 0 Å². The molecule has 0 unspecified atom stereocenters. The van der Waals surface area contributed by atoms with Crippen LogP contribution in [0.4, 0.5) is 0 Å². The van der Waals surface area contributed by atoms with E-state index in [4.69, 9.17) is 0 Å². The van der Waals surface area contributed by atoms with E-state index in [0.717, 1.165) is 0 Å². The largest absolute Gasteiger partial charge is 2.00 e. The van der Waals surface area contributed by atoms with E-state index in [1.54, 1.807) is 0 Å². The third-order valence-corrected chi connectivity index (χ3v) is 2.71. The van der Waals surface area contributed by atoms with Gasteiger partial charge in [0.1, 0.15) is 0 Å². The molecule has 0 aliphatic heterocycles. The Morgan fingerprint density at radius 1 is 0.588 bits per heavy atom. The van der Waals surface area contributed by atoms with Gasteiger partial charge < -0.3 is 0 Å². The Hall–Kier alpha value is -0.781.